The van der Waals surface area contributed by atoms with E-state index in [0.29, 0.717) is 30.1 Å². The molecule has 1 N–H and O–H groups in total. The molecule has 26 heavy (non-hydrogen) atoms. The van der Waals surface area contributed by atoms with Gasteiger partial charge >= 0.3 is 0 Å². The molecule has 5 heterocycles. The molecule has 0 aromatic carbocycles. The predicted molar refractivity (Wildman–Crippen MR) is 96.1 cm³/mol. The third-order valence-electron chi connectivity index (χ3n) is 4.15. The summed E-state index contributed by atoms with van der Waals surface area (Å²) in [5, 5.41) is 21.5. The third-order valence-corrected chi connectivity index (χ3v) is 5.25. The lowest BCUT2D eigenvalue weighted by Crippen LogP contribution is -2.02. The van der Waals surface area contributed by atoms with Crippen LogP contribution < -0.4 is 0 Å². The summed E-state index contributed by atoms with van der Waals surface area (Å²) in [6, 6.07) is 2.16. The van der Waals surface area contributed by atoms with Crippen molar-refractivity contribution in [3.05, 3.63) is 40.0 Å². The number of hydrogen-bond donors (Lipinski definition) is 1. The van der Waals surface area contributed by atoms with Crippen LogP contribution in [-0.4, -0.2) is 52.7 Å². The number of aliphatic imine (C=N–C) groups is 1. The highest BCUT2D eigenvalue weighted by Gasteiger charge is 2.15. The zero-order valence-corrected chi connectivity index (χ0v) is 14.5. The molecule has 0 radical (unpaired) electrons. The van der Waals surface area contributed by atoms with Crippen LogP contribution in [0.15, 0.2) is 29.6 Å². The Hall–Kier alpha value is -2.98. The Bertz CT molecular complexity index is 1120. The minimum Gasteiger partial charge on any atom is -0.394 e. The van der Waals surface area contributed by atoms with E-state index in [1.54, 1.807) is 33.1 Å². The van der Waals surface area contributed by atoms with Gasteiger partial charge in [0.2, 0.25) is 5.65 Å². The maximum absolute atomic E-state index is 9.02. The van der Waals surface area contributed by atoms with Crippen LogP contribution in [0.3, 0.4) is 0 Å². The number of thiophene rings is 1. The first-order chi connectivity index (χ1) is 12.8. The van der Waals surface area contributed by atoms with Crippen LogP contribution in [0.4, 0.5) is 0 Å². The second kappa shape index (κ2) is 6.07. The van der Waals surface area contributed by atoms with E-state index in [2.05, 4.69) is 36.4 Å². The zero-order chi connectivity index (χ0) is 17.5. The van der Waals surface area contributed by atoms with E-state index in [0.717, 1.165) is 12.1 Å². The first kappa shape index (κ1) is 15.3. The lowest BCUT2D eigenvalue weighted by atomic mass is 10.2. The summed E-state index contributed by atoms with van der Waals surface area (Å²) in [4.78, 5) is 15.7. The van der Waals surface area contributed by atoms with Crippen molar-refractivity contribution >= 4 is 28.8 Å². The minimum absolute atomic E-state index is 0.0397. The normalized spacial score (nSPS) is 13.0. The number of nitrogens with zero attached hydrogens (tertiary/aromatic N) is 8. The van der Waals surface area contributed by atoms with Crippen LogP contribution in [0, 0.1) is 0 Å². The molecule has 130 valence electrons. The van der Waals surface area contributed by atoms with E-state index in [9.17, 15) is 0 Å². The standard InChI is InChI=1S/C16H14N8OS/c25-2-1-23-8-11(5-19-23)13-6-18-15-16(20-13)24(22-21-15)9-12-3-10-4-17-7-14(10)26-12/h3,5-8,25H,1-2,4,9H2. The summed E-state index contributed by atoms with van der Waals surface area (Å²) in [7, 11) is 0. The van der Waals surface area contributed by atoms with Gasteiger partial charge in [-0.2, -0.15) is 5.10 Å². The van der Waals surface area contributed by atoms with Crippen molar-refractivity contribution < 1.29 is 5.11 Å². The fourth-order valence-electron chi connectivity index (χ4n) is 2.91. The molecule has 0 bridgehead atoms. The summed E-state index contributed by atoms with van der Waals surface area (Å²) < 4.78 is 3.44. The van der Waals surface area contributed by atoms with E-state index >= 15 is 0 Å². The van der Waals surface area contributed by atoms with Crippen molar-refractivity contribution in [1.29, 1.82) is 0 Å². The highest BCUT2D eigenvalue weighted by molar-refractivity contribution is 7.14. The summed E-state index contributed by atoms with van der Waals surface area (Å²) in [6.45, 7) is 1.84. The smallest absolute Gasteiger partial charge is 0.221 e. The monoisotopic (exact) mass is 366 g/mol. The molecule has 0 spiro atoms. The third kappa shape index (κ3) is 2.59. The Morgan fingerprint density at radius 3 is 3.12 bits per heavy atom. The van der Waals surface area contributed by atoms with Gasteiger partial charge in [0.1, 0.15) is 0 Å². The molecule has 1 aliphatic rings. The molecule has 4 aromatic heterocycles. The molecule has 0 unspecified atom stereocenters. The first-order valence-electron chi connectivity index (χ1n) is 8.11. The number of fused-ring (bicyclic) bond motifs is 2. The quantitative estimate of drug-likeness (QED) is 0.567. The van der Waals surface area contributed by atoms with Crippen LogP contribution in [0.25, 0.3) is 22.6 Å². The van der Waals surface area contributed by atoms with Crippen LogP contribution in [0.1, 0.15) is 15.3 Å². The first-order valence-corrected chi connectivity index (χ1v) is 8.93. The van der Waals surface area contributed by atoms with Crippen molar-refractivity contribution in [2.45, 2.75) is 19.6 Å². The van der Waals surface area contributed by atoms with E-state index < -0.39 is 0 Å². The molecular formula is C16H14N8OS. The van der Waals surface area contributed by atoms with Crippen molar-refractivity contribution in [2.24, 2.45) is 4.99 Å². The maximum atomic E-state index is 9.02. The molecule has 0 aliphatic carbocycles. The largest absolute Gasteiger partial charge is 0.394 e. The highest BCUT2D eigenvalue weighted by Crippen LogP contribution is 2.26. The highest BCUT2D eigenvalue weighted by atomic mass is 32.1. The Morgan fingerprint density at radius 2 is 2.23 bits per heavy atom. The van der Waals surface area contributed by atoms with Crippen molar-refractivity contribution in [3.63, 3.8) is 0 Å². The number of aromatic nitrogens is 7. The summed E-state index contributed by atoms with van der Waals surface area (Å²) in [5.74, 6) is 0. The molecule has 10 heteroatoms. The molecule has 0 saturated carbocycles. The predicted octanol–water partition coefficient (Wildman–Crippen LogP) is 1.12. The van der Waals surface area contributed by atoms with Gasteiger partial charge in [0.25, 0.3) is 0 Å². The lowest BCUT2D eigenvalue weighted by Gasteiger charge is -2.01. The molecule has 9 nitrogen and oxygen atoms in total. The molecule has 1 aliphatic heterocycles. The molecular weight excluding hydrogens is 352 g/mol. The van der Waals surface area contributed by atoms with Crippen molar-refractivity contribution in [3.8, 4) is 11.3 Å². The molecule has 0 saturated heterocycles. The van der Waals surface area contributed by atoms with Gasteiger partial charge in [-0.25, -0.2) is 14.6 Å². The van der Waals surface area contributed by atoms with Gasteiger partial charge in [0, 0.05) is 22.9 Å². The fraction of sp³-hybridized carbons (Fsp3) is 0.250. The van der Waals surface area contributed by atoms with Gasteiger partial charge in [-0.05, 0) is 11.6 Å². The summed E-state index contributed by atoms with van der Waals surface area (Å²) in [5.41, 5.74) is 3.96. The van der Waals surface area contributed by atoms with E-state index in [-0.39, 0.29) is 6.61 Å². The fourth-order valence-corrected chi connectivity index (χ4v) is 3.96. The van der Waals surface area contributed by atoms with E-state index in [1.165, 1.54) is 15.3 Å². The lowest BCUT2D eigenvalue weighted by molar-refractivity contribution is 0.269. The van der Waals surface area contributed by atoms with Crippen LogP contribution in [0.5, 0.6) is 0 Å². The van der Waals surface area contributed by atoms with Gasteiger partial charge in [0.15, 0.2) is 5.65 Å². The minimum atomic E-state index is 0.0397. The Morgan fingerprint density at radius 1 is 1.27 bits per heavy atom. The van der Waals surface area contributed by atoms with Gasteiger partial charge in [-0.3, -0.25) is 9.67 Å². The van der Waals surface area contributed by atoms with Gasteiger partial charge in [-0.1, -0.05) is 5.21 Å². The van der Waals surface area contributed by atoms with Crippen LogP contribution in [0.2, 0.25) is 0 Å². The van der Waals surface area contributed by atoms with Gasteiger partial charge < -0.3 is 5.11 Å². The molecule has 0 amide bonds. The van der Waals surface area contributed by atoms with Crippen LogP contribution in [-0.2, 0) is 19.6 Å². The second-order valence-corrected chi connectivity index (χ2v) is 7.11. The second-order valence-electron chi connectivity index (χ2n) is 5.94. The summed E-state index contributed by atoms with van der Waals surface area (Å²) in [6.07, 6.45) is 7.13. The van der Waals surface area contributed by atoms with Gasteiger partial charge in [-0.15, -0.1) is 16.4 Å². The van der Waals surface area contributed by atoms with Crippen molar-refractivity contribution in [1.82, 2.24) is 34.7 Å². The topological polar surface area (TPSA) is 107 Å². The molecule has 0 atom stereocenters. The van der Waals surface area contributed by atoms with E-state index in [1.807, 2.05) is 12.4 Å². The number of aliphatic hydroxyl groups excluding tert-OH is 1. The molecule has 0 fully saturated rings. The average Bonchev–Trinajstić information content (AvgIpc) is 3.39. The Labute approximate surface area is 151 Å². The van der Waals surface area contributed by atoms with Crippen molar-refractivity contribution in [2.75, 3.05) is 6.61 Å². The van der Waals surface area contributed by atoms with E-state index in [4.69, 9.17) is 5.11 Å². The van der Waals surface area contributed by atoms with Gasteiger partial charge in [0.05, 0.1) is 49.2 Å². The zero-order valence-electron chi connectivity index (χ0n) is 13.6. The number of hydrogen-bond acceptors (Lipinski definition) is 8. The number of rotatable bonds is 5. The molecule has 5 rings (SSSR count). The van der Waals surface area contributed by atoms with Crippen LogP contribution >= 0.6 is 11.3 Å². The SMILES string of the molecule is OCCn1cc(-c2cnc3nnn(Cc4cc5c(s4)C=NC5)c3n2)cn1. The Kier molecular flexibility index (Phi) is 3.57. The maximum Gasteiger partial charge on any atom is 0.221 e. The number of aliphatic hydroxyl groups is 1. The summed E-state index contributed by atoms with van der Waals surface area (Å²) >= 11 is 1.72. The molecule has 4 aromatic rings. The Balaban J connectivity index is 1.48. The average molecular weight is 366 g/mol.